The van der Waals surface area contributed by atoms with Gasteiger partial charge in [0.1, 0.15) is 0 Å². The molecule has 0 N–H and O–H groups in total. The Bertz CT molecular complexity index is 505. The third-order valence-corrected chi connectivity index (χ3v) is 22.4. The molecular weight excluding hydrogens is 442 g/mol. The normalized spacial score (nSPS) is 27.2. The molecule has 1 heterocycles. The van der Waals surface area contributed by atoms with Crippen LogP contribution in [0.3, 0.4) is 0 Å². The molecule has 3 heteroatoms. The van der Waals surface area contributed by atoms with E-state index < -0.39 is 20.0 Å². The molecule has 0 aromatic carbocycles. The number of halogens is 2. The monoisotopic (exact) mass is 466 g/mol. The van der Waals surface area contributed by atoms with Gasteiger partial charge in [-0.25, -0.2) is 0 Å². The summed E-state index contributed by atoms with van der Waals surface area (Å²) in [7, 11) is 0. The fourth-order valence-corrected chi connectivity index (χ4v) is 28.0. The molecule has 0 aromatic heterocycles. The molecule has 0 radical (unpaired) electrons. The smallest absolute Gasteiger partial charge is 0.147 e. The maximum Gasteiger partial charge on any atom is -0.147 e. The first kappa shape index (κ1) is 17.5. The van der Waals surface area contributed by atoms with Crippen LogP contribution in [0.15, 0.2) is 41.6 Å². The molecule has 0 aromatic rings. The topological polar surface area (TPSA) is 0 Å². The Balaban J connectivity index is 0.000000902. The van der Waals surface area contributed by atoms with Crippen molar-refractivity contribution in [3.63, 3.8) is 0 Å². The summed E-state index contributed by atoms with van der Waals surface area (Å²) in [5.41, 5.74) is 4.75. The van der Waals surface area contributed by atoms with E-state index >= 15 is 0 Å². The van der Waals surface area contributed by atoms with Crippen molar-refractivity contribution >= 4 is 24.8 Å². The van der Waals surface area contributed by atoms with Gasteiger partial charge in [0.15, 0.2) is 0 Å². The van der Waals surface area contributed by atoms with Gasteiger partial charge in [0, 0.05) is 0 Å². The van der Waals surface area contributed by atoms with Crippen molar-refractivity contribution in [2.45, 2.75) is 42.5 Å². The first-order chi connectivity index (χ1) is 8.03. The van der Waals surface area contributed by atoms with Crippen LogP contribution < -0.4 is 0 Å². The molecular formula is C16H24Cl2Hf. The summed E-state index contributed by atoms with van der Waals surface area (Å²) in [6.07, 6.45) is 8.78. The van der Waals surface area contributed by atoms with Gasteiger partial charge in [-0.2, -0.15) is 0 Å². The Morgan fingerprint density at radius 1 is 1.05 bits per heavy atom. The molecule has 3 rings (SSSR count). The van der Waals surface area contributed by atoms with Crippen molar-refractivity contribution in [2.24, 2.45) is 5.92 Å². The van der Waals surface area contributed by atoms with E-state index in [1.807, 2.05) is 6.66 Å². The van der Waals surface area contributed by atoms with Crippen LogP contribution in [0.2, 0.25) is 8.35 Å². The molecule has 0 spiro atoms. The summed E-state index contributed by atoms with van der Waals surface area (Å²) in [4.78, 5) is 0. The molecule has 0 saturated carbocycles. The molecule has 106 valence electrons. The fourth-order valence-electron chi connectivity index (χ4n) is 3.85. The molecule has 1 aliphatic heterocycles. The predicted molar refractivity (Wildman–Crippen MR) is 86.2 cm³/mol. The van der Waals surface area contributed by atoms with Crippen LogP contribution in [0.1, 0.15) is 34.1 Å². The van der Waals surface area contributed by atoms with Gasteiger partial charge in [0.05, 0.1) is 0 Å². The van der Waals surface area contributed by atoms with E-state index in [2.05, 4.69) is 45.9 Å². The van der Waals surface area contributed by atoms with Crippen molar-refractivity contribution in [2.75, 3.05) is 0 Å². The molecule has 1 fully saturated rings. The van der Waals surface area contributed by atoms with E-state index in [9.17, 15) is 0 Å². The van der Waals surface area contributed by atoms with E-state index in [1.54, 1.807) is 19.5 Å². The van der Waals surface area contributed by atoms with Gasteiger partial charge in [0.2, 0.25) is 0 Å². The molecule has 19 heavy (non-hydrogen) atoms. The molecule has 3 aliphatic rings. The average Bonchev–Trinajstić information content (AvgIpc) is 2.86. The molecule has 0 amide bonds. The molecule has 1 atom stereocenters. The summed E-state index contributed by atoms with van der Waals surface area (Å²) >= 11 is -2.13. The zero-order chi connectivity index (χ0) is 12.2. The van der Waals surface area contributed by atoms with Gasteiger partial charge in [-0.15, -0.1) is 24.8 Å². The van der Waals surface area contributed by atoms with E-state index in [0.717, 1.165) is 5.92 Å². The second-order valence-corrected chi connectivity index (χ2v) is 21.8. The van der Waals surface area contributed by atoms with E-state index in [0.29, 0.717) is 0 Å². The van der Waals surface area contributed by atoms with Crippen LogP contribution in [0.25, 0.3) is 0 Å². The first-order valence-electron chi connectivity index (χ1n) is 6.81. The zero-order valence-electron chi connectivity index (χ0n) is 12.2. The van der Waals surface area contributed by atoms with Crippen LogP contribution in [0.5, 0.6) is 0 Å². The Kier molecular flexibility index (Phi) is 5.55. The molecule has 0 nitrogen and oxygen atoms in total. The van der Waals surface area contributed by atoms with Crippen LogP contribution in [-0.4, -0.2) is 0 Å². The van der Waals surface area contributed by atoms with Gasteiger partial charge in [-0.3, -0.25) is 0 Å². The minimum atomic E-state index is -2.13. The van der Waals surface area contributed by atoms with Crippen molar-refractivity contribution in [1.82, 2.24) is 0 Å². The van der Waals surface area contributed by atoms with Crippen LogP contribution in [0.4, 0.5) is 0 Å². The van der Waals surface area contributed by atoms with Crippen molar-refractivity contribution in [1.29, 1.82) is 0 Å². The maximum atomic E-state index is 2.55. The second kappa shape index (κ2) is 6.03. The summed E-state index contributed by atoms with van der Waals surface area (Å²) in [5, 5.41) is 0. The number of rotatable bonds is 2. The average molecular weight is 466 g/mol. The summed E-state index contributed by atoms with van der Waals surface area (Å²) in [6.45, 7) is 9.34. The van der Waals surface area contributed by atoms with Gasteiger partial charge in [-0.05, 0) is 0 Å². The predicted octanol–water partition coefficient (Wildman–Crippen LogP) is 5.94. The van der Waals surface area contributed by atoms with Gasteiger partial charge < -0.3 is 0 Å². The minimum Gasteiger partial charge on any atom is -0.147 e. The van der Waals surface area contributed by atoms with Crippen LogP contribution in [-0.2, 0) is 20.0 Å². The fraction of sp³-hybridized carbons (Fsp3) is 0.500. The molecule has 0 bridgehead atoms. The first-order valence-corrected chi connectivity index (χ1v) is 15.5. The summed E-state index contributed by atoms with van der Waals surface area (Å²) in [5.74, 6) is 0.750. The number of allylic oxidation sites excluding steroid dienone is 8. The van der Waals surface area contributed by atoms with Gasteiger partial charge in [-0.1, -0.05) is 0 Å². The van der Waals surface area contributed by atoms with Gasteiger partial charge >= 0.3 is 110 Å². The number of hydrogen-bond acceptors (Lipinski definition) is 0. The molecule has 1 unspecified atom stereocenters. The summed E-state index contributed by atoms with van der Waals surface area (Å²) in [6, 6.07) is 0. The number of hydrogen-bond donors (Lipinski definition) is 0. The largest absolute Gasteiger partial charge is 0.147 e. The SMILES string of the molecule is CC1=CC(C)[C]([Hf]2([C]3=C(C)C=C(C)C3)[CH2][CH2]2)=C1.Cl.Cl. The quantitative estimate of drug-likeness (QED) is 0.443. The van der Waals surface area contributed by atoms with E-state index in [1.165, 1.54) is 12.0 Å². The second-order valence-electron chi connectivity index (χ2n) is 6.21. The minimum absolute atomic E-state index is 0. The van der Waals surface area contributed by atoms with Crippen molar-refractivity contribution in [3.8, 4) is 0 Å². The summed E-state index contributed by atoms with van der Waals surface area (Å²) < 4.78 is 7.04. The van der Waals surface area contributed by atoms with Crippen molar-refractivity contribution < 1.29 is 20.0 Å². The Labute approximate surface area is 134 Å². The van der Waals surface area contributed by atoms with E-state index in [-0.39, 0.29) is 24.8 Å². The Morgan fingerprint density at radius 3 is 2.05 bits per heavy atom. The van der Waals surface area contributed by atoms with E-state index in [4.69, 9.17) is 0 Å². The van der Waals surface area contributed by atoms with Crippen LogP contribution >= 0.6 is 24.8 Å². The zero-order valence-corrected chi connectivity index (χ0v) is 17.5. The molecule has 1 saturated heterocycles. The third-order valence-electron chi connectivity index (χ3n) is 4.66. The van der Waals surface area contributed by atoms with Crippen LogP contribution in [0, 0.1) is 5.92 Å². The van der Waals surface area contributed by atoms with Gasteiger partial charge in [0.25, 0.3) is 0 Å². The Morgan fingerprint density at radius 2 is 1.68 bits per heavy atom. The van der Waals surface area contributed by atoms with Crippen molar-refractivity contribution in [3.05, 3.63) is 41.6 Å². The molecule has 2 aliphatic carbocycles. The Hall–Kier alpha value is 0.410. The third kappa shape index (κ3) is 2.89. The standard InChI is InChI=1S/2C7H9.C2H4.2ClH.Hf/c2*1-6-3-4-7(2)5-6;1-2;;;/h5H,3H2,1-2H3;3,5,7H,1-2H3;1-2H2;2*1H;. The maximum absolute atomic E-state index is 2.55.